The second-order valence-electron chi connectivity index (χ2n) is 2.69. The molecule has 0 fully saturated rings. The fourth-order valence-corrected chi connectivity index (χ4v) is 1.27. The van der Waals surface area contributed by atoms with Crippen molar-refractivity contribution in [2.45, 2.75) is 0 Å². The van der Waals surface area contributed by atoms with Gasteiger partial charge < -0.3 is 4.74 Å². The molecule has 0 N–H and O–H groups in total. The van der Waals surface area contributed by atoms with E-state index < -0.39 is 5.97 Å². The van der Waals surface area contributed by atoms with Gasteiger partial charge in [-0.05, 0) is 12.1 Å². The Balaban J connectivity index is 2.44. The Morgan fingerprint density at radius 1 is 1.46 bits per heavy atom. The Kier molecular flexibility index (Phi) is 1.55. The van der Waals surface area contributed by atoms with Gasteiger partial charge in [0.05, 0.1) is 12.7 Å². The zero-order valence-electron chi connectivity index (χ0n) is 6.98. The minimum atomic E-state index is -0.428. The van der Waals surface area contributed by atoms with Gasteiger partial charge >= 0.3 is 5.97 Å². The summed E-state index contributed by atoms with van der Waals surface area (Å²) < 4.78 is 5.93. The minimum Gasteiger partial charge on any atom is -0.465 e. The molecule has 1 aromatic heterocycles. The molecule has 1 aliphatic heterocycles. The van der Waals surface area contributed by atoms with E-state index in [1.165, 1.54) is 23.9 Å². The number of ether oxygens (including phenoxy) is 1. The SMILES string of the molecule is COC(=O)c1cc2n(c1)C(=O)C=C2. The van der Waals surface area contributed by atoms with E-state index in [1.54, 1.807) is 12.1 Å². The van der Waals surface area contributed by atoms with E-state index in [0.717, 1.165) is 0 Å². The van der Waals surface area contributed by atoms with E-state index in [-0.39, 0.29) is 5.91 Å². The van der Waals surface area contributed by atoms with Crippen LogP contribution in [-0.2, 0) is 4.74 Å². The Labute approximate surface area is 74.4 Å². The molecule has 1 aliphatic rings. The number of nitrogens with zero attached hydrogens (tertiary/aromatic N) is 1. The smallest absolute Gasteiger partial charge is 0.339 e. The van der Waals surface area contributed by atoms with Crippen molar-refractivity contribution in [1.82, 2.24) is 4.57 Å². The summed E-state index contributed by atoms with van der Waals surface area (Å²) in [5.74, 6) is -0.562. The van der Waals surface area contributed by atoms with Gasteiger partial charge in [-0.25, -0.2) is 4.79 Å². The zero-order valence-corrected chi connectivity index (χ0v) is 6.98. The van der Waals surface area contributed by atoms with Crippen LogP contribution in [0.25, 0.3) is 6.08 Å². The molecule has 0 amide bonds. The van der Waals surface area contributed by atoms with Crippen LogP contribution < -0.4 is 0 Å². The number of methoxy groups -OCH3 is 1. The number of allylic oxidation sites excluding steroid dienone is 1. The van der Waals surface area contributed by atoms with E-state index in [4.69, 9.17) is 0 Å². The number of rotatable bonds is 1. The highest BCUT2D eigenvalue weighted by Gasteiger charge is 2.17. The molecular formula is C9H7NO3. The van der Waals surface area contributed by atoms with Gasteiger partial charge in [0.25, 0.3) is 5.91 Å². The number of carbonyl (C=O) groups excluding carboxylic acids is 2. The molecule has 66 valence electrons. The lowest BCUT2D eigenvalue weighted by atomic mass is 10.3. The predicted molar refractivity (Wildman–Crippen MR) is 45.4 cm³/mol. The van der Waals surface area contributed by atoms with Crippen LogP contribution in [0.15, 0.2) is 18.3 Å². The zero-order chi connectivity index (χ0) is 9.42. The molecule has 13 heavy (non-hydrogen) atoms. The van der Waals surface area contributed by atoms with Crippen molar-refractivity contribution >= 4 is 18.0 Å². The van der Waals surface area contributed by atoms with Crippen LogP contribution in [0.5, 0.6) is 0 Å². The summed E-state index contributed by atoms with van der Waals surface area (Å²) >= 11 is 0. The van der Waals surface area contributed by atoms with Crippen molar-refractivity contribution in [2.75, 3.05) is 7.11 Å². The number of esters is 1. The van der Waals surface area contributed by atoms with Crippen molar-refractivity contribution in [3.05, 3.63) is 29.6 Å². The first-order valence-electron chi connectivity index (χ1n) is 3.75. The Morgan fingerprint density at radius 2 is 2.23 bits per heavy atom. The molecule has 4 nitrogen and oxygen atoms in total. The molecule has 0 saturated heterocycles. The summed E-state index contributed by atoms with van der Waals surface area (Å²) in [5.41, 5.74) is 1.11. The van der Waals surface area contributed by atoms with Gasteiger partial charge in [-0.15, -0.1) is 0 Å². The molecule has 0 aromatic carbocycles. The maximum atomic E-state index is 11.1. The van der Waals surface area contributed by atoms with Crippen LogP contribution in [0.3, 0.4) is 0 Å². The Hall–Kier alpha value is -1.84. The van der Waals surface area contributed by atoms with Crippen LogP contribution in [0.4, 0.5) is 0 Å². The van der Waals surface area contributed by atoms with Crippen LogP contribution in [0, 0.1) is 0 Å². The lowest BCUT2D eigenvalue weighted by Gasteiger charge is -1.93. The lowest BCUT2D eigenvalue weighted by Crippen LogP contribution is -2.03. The quantitative estimate of drug-likeness (QED) is 0.600. The first kappa shape index (κ1) is 7.79. The van der Waals surface area contributed by atoms with Gasteiger partial charge in [0.2, 0.25) is 0 Å². The molecule has 4 heteroatoms. The fourth-order valence-electron chi connectivity index (χ4n) is 1.27. The maximum Gasteiger partial charge on any atom is 0.339 e. The molecule has 0 saturated carbocycles. The largest absolute Gasteiger partial charge is 0.465 e. The van der Waals surface area contributed by atoms with E-state index in [0.29, 0.717) is 11.3 Å². The monoisotopic (exact) mass is 177 g/mol. The van der Waals surface area contributed by atoms with E-state index in [1.807, 2.05) is 0 Å². The third-order valence-electron chi connectivity index (χ3n) is 1.90. The summed E-state index contributed by atoms with van der Waals surface area (Å²) in [6.45, 7) is 0. The van der Waals surface area contributed by atoms with Crippen LogP contribution >= 0.6 is 0 Å². The highest BCUT2D eigenvalue weighted by atomic mass is 16.5. The van der Waals surface area contributed by atoms with E-state index in [2.05, 4.69) is 4.74 Å². The predicted octanol–water partition coefficient (Wildman–Crippen LogP) is 0.942. The topological polar surface area (TPSA) is 48.3 Å². The average Bonchev–Trinajstić information content (AvgIpc) is 2.67. The summed E-state index contributed by atoms with van der Waals surface area (Å²) in [6, 6.07) is 1.62. The van der Waals surface area contributed by atoms with Gasteiger partial charge in [0, 0.05) is 18.0 Å². The van der Waals surface area contributed by atoms with Crippen LogP contribution in [0.2, 0.25) is 0 Å². The summed E-state index contributed by atoms with van der Waals surface area (Å²) in [6.07, 6.45) is 4.59. The van der Waals surface area contributed by atoms with Gasteiger partial charge in [0.15, 0.2) is 0 Å². The molecule has 0 bridgehead atoms. The number of hydrogen-bond donors (Lipinski definition) is 0. The van der Waals surface area contributed by atoms with E-state index in [9.17, 15) is 9.59 Å². The maximum absolute atomic E-state index is 11.1. The first-order valence-corrected chi connectivity index (χ1v) is 3.75. The Morgan fingerprint density at radius 3 is 2.85 bits per heavy atom. The van der Waals surface area contributed by atoms with Crippen molar-refractivity contribution in [1.29, 1.82) is 0 Å². The fraction of sp³-hybridized carbons (Fsp3) is 0.111. The number of fused-ring (bicyclic) bond motifs is 1. The molecule has 0 aliphatic carbocycles. The third kappa shape index (κ3) is 1.07. The molecule has 0 unspecified atom stereocenters. The van der Waals surface area contributed by atoms with Gasteiger partial charge in [0.1, 0.15) is 0 Å². The molecule has 2 rings (SSSR count). The van der Waals surface area contributed by atoms with Gasteiger partial charge in [-0.1, -0.05) is 0 Å². The summed E-state index contributed by atoms with van der Waals surface area (Å²) in [7, 11) is 1.31. The molecule has 0 radical (unpaired) electrons. The van der Waals surface area contributed by atoms with Crippen molar-refractivity contribution in [2.24, 2.45) is 0 Å². The second-order valence-corrected chi connectivity index (χ2v) is 2.69. The minimum absolute atomic E-state index is 0.134. The highest BCUT2D eigenvalue weighted by Crippen LogP contribution is 2.16. The van der Waals surface area contributed by atoms with Gasteiger partial charge in [-0.3, -0.25) is 9.36 Å². The molecule has 0 atom stereocenters. The molecule has 1 aromatic rings. The summed E-state index contributed by atoms with van der Waals surface area (Å²) in [4.78, 5) is 22.2. The number of aromatic nitrogens is 1. The van der Waals surface area contributed by atoms with Crippen molar-refractivity contribution < 1.29 is 14.3 Å². The van der Waals surface area contributed by atoms with Crippen molar-refractivity contribution in [3.8, 4) is 0 Å². The molecule has 2 heterocycles. The van der Waals surface area contributed by atoms with Crippen LogP contribution in [0.1, 0.15) is 20.8 Å². The number of carbonyl (C=O) groups is 2. The second kappa shape index (κ2) is 2.58. The highest BCUT2D eigenvalue weighted by molar-refractivity contribution is 6.01. The van der Waals surface area contributed by atoms with Crippen LogP contribution in [-0.4, -0.2) is 23.6 Å². The molecular weight excluding hydrogens is 170 g/mol. The average molecular weight is 177 g/mol. The summed E-state index contributed by atoms with van der Waals surface area (Å²) in [5, 5.41) is 0. The number of hydrogen-bond acceptors (Lipinski definition) is 3. The molecule has 0 spiro atoms. The third-order valence-corrected chi connectivity index (χ3v) is 1.90. The normalized spacial score (nSPS) is 13.2. The standard InChI is InChI=1S/C9H7NO3/c1-13-9(12)6-4-7-2-3-8(11)10(7)5-6/h2-5H,1H3. The Bertz CT molecular complexity index is 414. The lowest BCUT2D eigenvalue weighted by molar-refractivity contribution is 0.0601. The van der Waals surface area contributed by atoms with Crippen molar-refractivity contribution in [3.63, 3.8) is 0 Å². The first-order chi connectivity index (χ1) is 6.22. The van der Waals surface area contributed by atoms with Gasteiger partial charge in [-0.2, -0.15) is 0 Å². The van der Waals surface area contributed by atoms with E-state index >= 15 is 0 Å².